The van der Waals surface area contributed by atoms with Crippen molar-refractivity contribution in [2.45, 2.75) is 10.3 Å². The minimum atomic E-state index is -0.610. The van der Waals surface area contributed by atoms with Gasteiger partial charge in [-0.2, -0.15) is 0 Å². The Morgan fingerprint density at radius 3 is 1.20 bits per heavy atom. The van der Waals surface area contributed by atoms with Gasteiger partial charge in [-0.3, -0.25) is 0 Å². The van der Waals surface area contributed by atoms with Crippen molar-refractivity contribution >= 4 is 24.3 Å². The van der Waals surface area contributed by atoms with Crippen LogP contribution in [0.15, 0.2) is 134 Å². The van der Waals surface area contributed by atoms with Gasteiger partial charge in [0.2, 0.25) is 0 Å². The molecule has 1 heterocycles. The van der Waals surface area contributed by atoms with E-state index in [-0.39, 0.29) is 0 Å². The molecule has 5 aromatic rings. The molecule has 1 aromatic heterocycles. The predicted molar refractivity (Wildman–Crippen MR) is 154 cm³/mol. The number of pyridine rings is 1. The fraction of sp³-hybridized carbons (Fsp3) is 0.0645. The smallest absolute Gasteiger partial charge is 0.128 e. The van der Waals surface area contributed by atoms with E-state index >= 15 is 0 Å². The van der Waals surface area contributed by atoms with Crippen molar-refractivity contribution in [2.24, 2.45) is 0 Å². The van der Waals surface area contributed by atoms with E-state index in [0.717, 1.165) is 33.4 Å². The van der Waals surface area contributed by atoms with Crippen LogP contribution < -0.4 is 5.73 Å². The predicted octanol–water partition coefficient (Wildman–Crippen LogP) is 7.00. The Balaban J connectivity index is 1.89. The largest absolute Gasteiger partial charge is 0.383 e. The van der Waals surface area contributed by atoms with Crippen LogP contribution in [0.5, 0.6) is 0 Å². The maximum Gasteiger partial charge on any atom is 0.128 e. The first-order valence-corrected chi connectivity index (χ1v) is 12.8. The molecular weight excluding hydrogens is 462 g/mol. The molecule has 4 aromatic carbocycles. The van der Waals surface area contributed by atoms with E-state index in [0.29, 0.717) is 5.82 Å². The molecule has 2 N–H and O–H groups in total. The molecule has 0 fully saturated rings. The first-order valence-electron chi connectivity index (χ1n) is 11.6. The van der Waals surface area contributed by atoms with E-state index in [1.165, 1.54) is 0 Å². The minimum absolute atomic E-state index is 0.517. The lowest BCUT2D eigenvalue weighted by molar-refractivity contribution is 0.813. The molecule has 172 valence electrons. The topological polar surface area (TPSA) is 38.9 Å². The molecule has 0 amide bonds. The highest BCUT2D eigenvalue weighted by molar-refractivity contribution is 7.20. The SMILES string of the molecule is Nc1nccc(C(P)(c2ccccc2)c2ccccc2)c1C(P)(c1ccccc1)c1ccccc1. The normalized spacial score (nSPS) is 11.8. The third kappa shape index (κ3) is 4.08. The number of nitrogens with two attached hydrogens (primary N) is 1. The number of nitrogen functional groups attached to an aromatic ring is 1. The van der Waals surface area contributed by atoms with Crippen molar-refractivity contribution < 1.29 is 0 Å². The third-order valence-electron chi connectivity index (χ3n) is 6.72. The van der Waals surface area contributed by atoms with Gasteiger partial charge in [-0.25, -0.2) is 4.98 Å². The Hall–Kier alpha value is -3.31. The van der Waals surface area contributed by atoms with E-state index in [9.17, 15) is 0 Å². The Morgan fingerprint density at radius 1 is 0.486 bits per heavy atom. The van der Waals surface area contributed by atoms with Crippen LogP contribution >= 0.6 is 18.5 Å². The van der Waals surface area contributed by atoms with Crippen LogP contribution in [0.3, 0.4) is 0 Å². The fourth-order valence-electron chi connectivity index (χ4n) is 4.96. The van der Waals surface area contributed by atoms with Crippen molar-refractivity contribution in [3.05, 3.63) is 167 Å². The van der Waals surface area contributed by atoms with E-state index in [1.807, 2.05) is 18.3 Å². The molecule has 0 bridgehead atoms. The van der Waals surface area contributed by atoms with Crippen LogP contribution in [0, 0.1) is 0 Å². The van der Waals surface area contributed by atoms with Crippen LogP contribution in [0.2, 0.25) is 0 Å². The zero-order valence-corrected chi connectivity index (χ0v) is 21.7. The highest BCUT2D eigenvalue weighted by Crippen LogP contribution is 2.54. The standard InChI is InChI=1S/C31H28N2P2/c32-29-28(31(35,25-17-9-3-10-18-25)26-19-11-4-12-20-26)27(21-22-33-29)30(34,23-13-5-1-6-14-23)24-15-7-2-8-16-24/h1-22H,34-35H2,(H2,32,33). The third-order valence-corrected chi connectivity index (χ3v) is 8.65. The van der Waals surface area contributed by atoms with E-state index in [2.05, 4.69) is 139 Å². The molecular formula is C31H28N2P2. The van der Waals surface area contributed by atoms with Gasteiger partial charge >= 0.3 is 0 Å². The van der Waals surface area contributed by atoms with Crippen molar-refractivity contribution in [1.29, 1.82) is 0 Å². The molecule has 2 unspecified atom stereocenters. The second-order valence-corrected chi connectivity index (χ2v) is 10.4. The summed E-state index contributed by atoms with van der Waals surface area (Å²) in [6.45, 7) is 0. The first-order chi connectivity index (χ1) is 17.1. The molecule has 4 heteroatoms. The molecule has 0 saturated heterocycles. The van der Waals surface area contributed by atoms with Crippen LogP contribution in [-0.2, 0) is 10.3 Å². The molecule has 5 rings (SSSR count). The Morgan fingerprint density at radius 2 is 0.829 bits per heavy atom. The lowest BCUT2D eigenvalue weighted by Gasteiger charge is -2.40. The van der Waals surface area contributed by atoms with Gasteiger partial charge in [0.1, 0.15) is 5.82 Å². The van der Waals surface area contributed by atoms with Crippen molar-refractivity contribution in [3.63, 3.8) is 0 Å². The quantitative estimate of drug-likeness (QED) is 0.260. The average Bonchev–Trinajstić information content (AvgIpc) is 2.94. The second kappa shape index (κ2) is 9.74. The molecule has 0 aliphatic heterocycles. The maximum absolute atomic E-state index is 6.80. The van der Waals surface area contributed by atoms with Gasteiger partial charge < -0.3 is 5.73 Å². The lowest BCUT2D eigenvalue weighted by atomic mass is 9.75. The van der Waals surface area contributed by atoms with Crippen LogP contribution in [0.1, 0.15) is 33.4 Å². The van der Waals surface area contributed by atoms with Gasteiger partial charge in [0.15, 0.2) is 0 Å². The summed E-state index contributed by atoms with van der Waals surface area (Å²) in [5.41, 5.74) is 13.5. The number of hydrogen-bond acceptors (Lipinski definition) is 2. The molecule has 2 atom stereocenters. The molecule has 0 spiro atoms. The summed E-state index contributed by atoms with van der Waals surface area (Å²) in [5.74, 6) is 0.517. The average molecular weight is 491 g/mol. The monoisotopic (exact) mass is 490 g/mol. The summed E-state index contributed by atoms with van der Waals surface area (Å²) in [5, 5.41) is -1.15. The lowest BCUT2D eigenvalue weighted by Crippen LogP contribution is -2.31. The fourth-order valence-corrected chi connectivity index (χ4v) is 6.27. The van der Waals surface area contributed by atoms with Gasteiger partial charge in [0.05, 0.1) is 10.3 Å². The van der Waals surface area contributed by atoms with Crippen LogP contribution in [0.4, 0.5) is 5.82 Å². The number of anilines is 1. The van der Waals surface area contributed by atoms with Crippen molar-refractivity contribution in [2.75, 3.05) is 5.73 Å². The van der Waals surface area contributed by atoms with Gasteiger partial charge in [0.25, 0.3) is 0 Å². The molecule has 0 aliphatic carbocycles. The summed E-state index contributed by atoms with van der Waals surface area (Å²) >= 11 is 0. The Labute approximate surface area is 212 Å². The number of nitrogens with zero attached hydrogens (tertiary/aromatic N) is 1. The molecule has 2 nitrogen and oxygen atoms in total. The van der Waals surface area contributed by atoms with Gasteiger partial charge in [-0.1, -0.05) is 121 Å². The maximum atomic E-state index is 6.80. The number of benzene rings is 4. The first kappa shape index (κ1) is 23.4. The zero-order valence-electron chi connectivity index (χ0n) is 19.4. The van der Waals surface area contributed by atoms with E-state index in [4.69, 9.17) is 5.73 Å². The summed E-state index contributed by atoms with van der Waals surface area (Å²) in [7, 11) is 6.29. The van der Waals surface area contributed by atoms with Crippen LogP contribution in [-0.4, -0.2) is 4.98 Å². The minimum Gasteiger partial charge on any atom is -0.383 e. The van der Waals surface area contributed by atoms with Gasteiger partial charge in [0, 0.05) is 11.8 Å². The van der Waals surface area contributed by atoms with Crippen LogP contribution in [0.25, 0.3) is 0 Å². The van der Waals surface area contributed by atoms with Crippen molar-refractivity contribution in [3.8, 4) is 0 Å². The summed E-state index contributed by atoms with van der Waals surface area (Å²) in [4.78, 5) is 4.61. The van der Waals surface area contributed by atoms with E-state index < -0.39 is 10.3 Å². The van der Waals surface area contributed by atoms with Gasteiger partial charge in [-0.15, -0.1) is 18.5 Å². The summed E-state index contributed by atoms with van der Waals surface area (Å²) in [6, 6.07) is 44.3. The Kier molecular flexibility index (Phi) is 6.52. The van der Waals surface area contributed by atoms with Crippen molar-refractivity contribution in [1.82, 2.24) is 4.98 Å². The highest BCUT2D eigenvalue weighted by Gasteiger charge is 2.42. The zero-order chi connectivity index (χ0) is 24.3. The highest BCUT2D eigenvalue weighted by atomic mass is 31.0. The summed E-state index contributed by atoms with van der Waals surface area (Å²) in [6.07, 6.45) is 1.82. The number of hydrogen-bond donors (Lipinski definition) is 1. The Bertz CT molecular complexity index is 1330. The van der Waals surface area contributed by atoms with Gasteiger partial charge in [-0.05, 0) is 33.9 Å². The molecule has 35 heavy (non-hydrogen) atoms. The number of rotatable bonds is 6. The molecule has 0 aliphatic rings. The molecule has 0 saturated carbocycles. The number of aromatic nitrogens is 1. The van der Waals surface area contributed by atoms with E-state index in [1.54, 1.807) is 0 Å². The summed E-state index contributed by atoms with van der Waals surface area (Å²) < 4.78 is 0. The second-order valence-electron chi connectivity index (χ2n) is 8.70. The molecule has 0 radical (unpaired) electrons.